The summed E-state index contributed by atoms with van der Waals surface area (Å²) in [6, 6.07) is 9.46. The van der Waals surface area contributed by atoms with Crippen molar-refractivity contribution in [1.82, 2.24) is 0 Å². The molecule has 0 radical (unpaired) electrons. The van der Waals surface area contributed by atoms with Crippen molar-refractivity contribution in [2.75, 3.05) is 14.2 Å². The highest BCUT2D eigenvalue weighted by Crippen LogP contribution is 2.62. The Morgan fingerprint density at radius 2 is 1.56 bits per heavy atom. The first-order valence-electron chi connectivity index (χ1n) is 8.62. The summed E-state index contributed by atoms with van der Waals surface area (Å²) >= 11 is 0. The predicted molar refractivity (Wildman–Crippen MR) is 98.4 cm³/mol. The zero-order chi connectivity index (χ0) is 19.6. The first kappa shape index (κ1) is 18.1. The summed E-state index contributed by atoms with van der Waals surface area (Å²) in [6.07, 6.45) is -0.170. The van der Waals surface area contributed by atoms with Crippen molar-refractivity contribution in [1.29, 1.82) is 0 Å². The van der Waals surface area contributed by atoms with Crippen LogP contribution >= 0.6 is 0 Å². The second-order valence-electron chi connectivity index (χ2n) is 7.44. The van der Waals surface area contributed by atoms with Crippen LogP contribution in [0.15, 0.2) is 46.2 Å². The lowest BCUT2D eigenvalue weighted by atomic mass is 9.84. The molecule has 0 N–H and O–H groups in total. The van der Waals surface area contributed by atoms with Gasteiger partial charge in [-0.1, -0.05) is 0 Å². The molecule has 1 saturated heterocycles. The second kappa shape index (κ2) is 5.62. The van der Waals surface area contributed by atoms with Gasteiger partial charge in [-0.3, -0.25) is 0 Å². The van der Waals surface area contributed by atoms with Crippen LogP contribution in [0.3, 0.4) is 0 Å². The molecule has 27 heavy (non-hydrogen) atoms. The van der Waals surface area contributed by atoms with Gasteiger partial charge in [0.2, 0.25) is 9.84 Å². The van der Waals surface area contributed by atoms with Crippen molar-refractivity contribution in [3.8, 4) is 17.2 Å². The van der Waals surface area contributed by atoms with Gasteiger partial charge in [-0.05, 0) is 51.1 Å². The van der Waals surface area contributed by atoms with Gasteiger partial charge in [0.05, 0.1) is 24.0 Å². The van der Waals surface area contributed by atoms with Crippen LogP contribution in [0.25, 0.3) is 0 Å². The van der Waals surface area contributed by atoms with Gasteiger partial charge >= 0.3 is 0 Å². The fourth-order valence-corrected chi connectivity index (χ4v) is 4.83. The maximum atomic E-state index is 13.1. The minimum Gasteiger partial charge on any atom is -0.493 e. The average molecular weight is 390 g/mol. The van der Waals surface area contributed by atoms with E-state index < -0.39 is 21.0 Å². The Hall–Kier alpha value is -2.25. The molecule has 2 aliphatic rings. The topological polar surface area (TPSA) is 74.4 Å². The lowest BCUT2D eigenvalue weighted by Gasteiger charge is -2.35. The number of ether oxygens (including phenoxy) is 4. The zero-order valence-corrected chi connectivity index (χ0v) is 16.7. The van der Waals surface area contributed by atoms with Crippen LogP contribution in [0.2, 0.25) is 0 Å². The minimum atomic E-state index is -3.73. The molecule has 0 bridgehead atoms. The number of benzene rings is 2. The molecule has 0 amide bonds. The second-order valence-corrected chi connectivity index (χ2v) is 9.39. The van der Waals surface area contributed by atoms with Crippen molar-refractivity contribution in [3.63, 3.8) is 0 Å². The van der Waals surface area contributed by atoms with E-state index in [0.29, 0.717) is 17.2 Å². The zero-order valence-electron chi connectivity index (χ0n) is 15.9. The Balaban J connectivity index is 1.77. The molecule has 2 atom stereocenters. The van der Waals surface area contributed by atoms with Gasteiger partial charge in [-0.15, -0.1) is 0 Å². The predicted octanol–water partition coefficient (Wildman–Crippen LogP) is 3.54. The normalized spacial score (nSPS) is 25.0. The van der Waals surface area contributed by atoms with Gasteiger partial charge in [0, 0.05) is 11.6 Å². The molecule has 0 aliphatic carbocycles. The molecule has 2 aromatic carbocycles. The summed E-state index contributed by atoms with van der Waals surface area (Å²) in [4.78, 5) is 0.325. The lowest BCUT2D eigenvalue weighted by Crippen LogP contribution is -2.45. The number of sulfone groups is 1. The van der Waals surface area contributed by atoms with E-state index in [2.05, 4.69) is 0 Å². The molecule has 0 spiro atoms. The van der Waals surface area contributed by atoms with Gasteiger partial charge in [0.1, 0.15) is 23.1 Å². The summed E-state index contributed by atoms with van der Waals surface area (Å²) in [7, 11) is -0.757. The Morgan fingerprint density at radius 1 is 0.926 bits per heavy atom. The SMILES string of the molecule is COc1ccc(S(=O)(=O)c2ccc3c(c2)[C@@H]2O[C@]2(C)C(C)(C)O3)cc1OC. The number of fused-ring (bicyclic) bond motifs is 3. The number of hydrogen-bond acceptors (Lipinski definition) is 6. The van der Waals surface area contributed by atoms with E-state index in [1.54, 1.807) is 24.3 Å². The maximum Gasteiger partial charge on any atom is 0.206 e. The molecule has 2 heterocycles. The molecule has 144 valence electrons. The first-order valence-corrected chi connectivity index (χ1v) is 10.1. The maximum absolute atomic E-state index is 13.1. The minimum absolute atomic E-state index is 0.136. The summed E-state index contributed by atoms with van der Waals surface area (Å²) in [5, 5.41) is 0. The largest absolute Gasteiger partial charge is 0.493 e. The van der Waals surface area contributed by atoms with Gasteiger partial charge < -0.3 is 18.9 Å². The molecular formula is C20H22O6S. The Labute approximate surface area is 158 Å². The van der Waals surface area contributed by atoms with E-state index in [9.17, 15) is 8.42 Å². The Kier molecular flexibility index (Phi) is 3.78. The van der Waals surface area contributed by atoms with Crippen LogP contribution in [0, 0.1) is 0 Å². The molecule has 6 nitrogen and oxygen atoms in total. The van der Waals surface area contributed by atoms with Gasteiger partial charge in [0.15, 0.2) is 11.5 Å². The van der Waals surface area contributed by atoms with E-state index in [4.69, 9.17) is 18.9 Å². The smallest absolute Gasteiger partial charge is 0.206 e. The quantitative estimate of drug-likeness (QED) is 0.744. The molecule has 0 saturated carbocycles. The van der Waals surface area contributed by atoms with Crippen molar-refractivity contribution in [2.45, 2.75) is 47.9 Å². The molecule has 2 aliphatic heterocycles. The summed E-state index contributed by atoms with van der Waals surface area (Å²) in [5.41, 5.74) is -0.168. The lowest BCUT2D eigenvalue weighted by molar-refractivity contribution is 0.0241. The van der Waals surface area contributed by atoms with Crippen LogP contribution in [0.1, 0.15) is 32.4 Å². The summed E-state index contributed by atoms with van der Waals surface area (Å²) in [5.74, 6) is 1.49. The molecule has 2 aromatic rings. The number of rotatable bonds is 4. The molecule has 1 fully saturated rings. The fourth-order valence-electron chi connectivity index (χ4n) is 3.52. The van der Waals surface area contributed by atoms with Crippen molar-refractivity contribution in [3.05, 3.63) is 42.0 Å². The monoisotopic (exact) mass is 390 g/mol. The van der Waals surface area contributed by atoms with Crippen molar-refractivity contribution in [2.24, 2.45) is 0 Å². The van der Waals surface area contributed by atoms with E-state index in [0.717, 1.165) is 5.56 Å². The van der Waals surface area contributed by atoms with Gasteiger partial charge in [0.25, 0.3) is 0 Å². The molecule has 0 aromatic heterocycles. The number of hydrogen-bond donors (Lipinski definition) is 0. The molecular weight excluding hydrogens is 368 g/mol. The van der Waals surface area contributed by atoms with Crippen LogP contribution in [-0.4, -0.2) is 33.8 Å². The molecule has 7 heteroatoms. The van der Waals surface area contributed by atoms with Crippen LogP contribution in [-0.2, 0) is 14.6 Å². The van der Waals surface area contributed by atoms with Crippen molar-refractivity contribution >= 4 is 9.84 Å². The Bertz CT molecular complexity index is 1030. The highest BCUT2D eigenvalue weighted by Gasteiger charge is 2.67. The molecule has 4 rings (SSSR count). The summed E-state index contributed by atoms with van der Waals surface area (Å²) in [6.45, 7) is 5.94. The van der Waals surface area contributed by atoms with Gasteiger partial charge in [-0.2, -0.15) is 0 Å². The standard InChI is InChI=1S/C20H22O6S/c1-19(2)20(3)18(26-20)14-10-12(6-8-15(14)25-19)27(21,22)13-7-9-16(23-4)17(11-13)24-5/h6-11,18H,1-5H3/t18-,20-/m0/s1. The highest BCUT2D eigenvalue weighted by atomic mass is 32.2. The van der Waals surface area contributed by atoms with Crippen LogP contribution in [0.5, 0.6) is 17.2 Å². The Morgan fingerprint density at radius 3 is 2.22 bits per heavy atom. The van der Waals surface area contributed by atoms with E-state index in [-0.39, 0.29) is 15.9 Å². The van der Waals surface area contributed by atoms with E-state index in [1.807, 2.05) is 20.8 Å². The van der Waals surface area contributed by atoms with Crippen LogP contribution in [0.4, 0.5) is 0 Å². The highest BCUT2D eigenvalue weighted by molar-refractivity contribution is 7.91. The van der Waals surface area contributed by atoms with Crippen LogP contribution < -0.4 is 14.2 Å². The third kappa shape index (κ3) is 2.52. The number of epoxide rings is 1. The third-order valence-electron chi connectivity index (χ3n) is 5.61. The number of methoxy groups -OCH3 is 2. The van der Waals surface area contributed by atoms with E-state index in [1.165, 1.54) is 26.4 Å². The third-order valence-corrected chi connectivity index (χ3v) is 7.35. The van der Waals surface area contributed by atoms with Gasteiger partial charge in [-0.25, -0.2) is 8.42 Å². The van der Waals surface area contributed by atoms with E-state index >= 15 is 0 Å². The molecule has 0 unspecified atom stereocenters. The first-order chi connectivity index (χ1) is 12.6. The average Bonchev–Trinajstić information content (AvgIpc) is 3.35. The fraction of sp³-hybridized carbons (Fsp3) is 0.400. The summed E-state index contributed by atoms with van der Waals surface area (Å²) < 4.78 is 48.6. The van der Waals surface area contributed by atoms with Crippen molar-refractivity contribution < 1.29 is 27.4 Å².